The van der Waals surface area contributed by atoms with Crippen molar-refractivity contribution in [2.75, 3.05) is 25.1 Å². The van der Waals surface area contributed by atoms with E-state index in [-0.39, 0.29) is 29.6 Å². The number of hydrogen-bond acceptors (Lipinski definition) is 5. The van der Waals surface area contributed by atoms with Crippen LogP contribution in [0, 0.1) is 11.6 Å². The van der Waals surface area contributed by atoms with Gasteiger partial charge < -0.3 is 23.8 Å². The summed E-state index contributed by atoms with van der Waals surface area (Å²) in [5.41, 5.74) is 3.39. The molecular weight excluding hydrogens is 560 g/mol. The average molecular weight is 594 g/mol. The van der Waals surface area contributed by atoms with Crippen molar-refractivity contribution in [2.24, 2.45) is 0 Å². The van der Waals surface area contributed by atoms with E-state index < -0.39 is 11.6 Å². The molecule has 6 rings (SSSR count). The molecule has 1 fully saturated rings. The number of methoxy groups -OCH3 is 1. The van der Waals surface area contributed by atoms with Gasteiger partial charge in [0.2, 0.25) is 0 Å². The van der Waals surface area contributed by atoms with Crippen LogP contribution in [0.2, 0.25) is 0 Å². The molecule has 224 valence electrons. The number of rotatable bonds is 12. The number of halogens is 2. The third kappa shape index (κ3) is 6.68. The van der Waals surface area contributed by atoms with Crippen LogP contribution in [0.25, 0.3) is 11.1 Å². The van der Waals surface area contributed by atoms with E-state index >= 15 is 8.78 Å². The summed E-state index contributed by atoms with van der Waals surface area (Å²) in [6.07, 6.45) is -0.0490. The molecule has 0 saturated carbocycles. The minimum Gasteiger partial charge on any atom is -0.492 e. The van der Waals surface area contributed by atoms with Crippen molar-refractivity contribution >= 4 is 5.69 Å². The van der Waals surface area contributed by atoms with Gasteiger partial charge in [0.1, 0.15) is 30.5 Å². The van der Waals surface area contributed by atoms with Crippen LogP contribution in [-0.4, -0.2) is 26.3 Å². The zero-order valence-corrected chi connectivity index (χ0v) is 24.4. The van der Waals surface area contributed by atoms with E-state index in [0.717, 1.165) is 16.7 Å². The van der Waals surface area contributed by atoms with Gasteiger partial charge in [0.05, 0.1) is 31.1 Å². The van der Waals surface area contributed by atoms with E-state index in [1.54, 1.807) is 18.2 Å². The van der Waals surface area contributed by atoms with E-state index in [9.17, 15) is 0 Å². The van der Waals surface area contributed by atoms with Gasteiger partial charge in [-0.1, -0.05) is 91.0 Å². The normalized spacial score (nSPS) is 12.9. The van der Waals surface area contributed by atoms with Crippen molar-refractivity contribution in [1.29, 1.82) is 0 Å². The second-order valence-corrected chi connectivity index (χ2v) is 10.6. The monoisotopic (exact) mass is 593 g/mol. The summed E-state index contributed by atoms with van der Waals surface area (Å²) in [6.45, 7) is 2.04. The minimum absolute atomic E-state index is 0.0266. The predicted molar refractivity (Wildman–Crippen MR) is 167 cm³/mol. The summed E-state index contributed by atoms with van der Waals surface area (Å²) in [5.74, 6) is -0.716. The molecule has 1 aliphatic rings. The highest BCUT2D eigenvalue weighted by molar-refractivity contribution is 5.78. The van der Waals surface area contributed by atoms with Gasteiger partial charge in [-0.25, -0.2) is 8.78 Å². The molecule has 1 heterocycles. The first-order valence-corrected chi connectivity index (χ1v) is 14.5. The van der Waals surface area contributed by atoms with Crippen molar-refractivity contribution in [3.8, 4) is 28.4 Å². The van der Waals surface area contributed by atoms with Gasteiger partial charge in [0, 0.05) is 30.8 Å². The van der Waals surface area contributed by atoms with Crippen LogP contribution in [-0.2, 0) is 24.6 Å². The van der Waals surface area contributed by atoms with Crippen LogP contribution in [0.15, 0.2) is 115 Å². The Morgan fingerprint density at radius 3 is 1.84 bits per heavy atom. The van der Waals surface area contributed by atoms with Crippen LogP contribution in [0.1, 0.15) is 16.7 Å². The van der Waals surface area contributed by atoms with Crippen molar-refractivity contribution in [1.82, 2.24) is 0 Å². The summed E-state index contributed by atoms with van der Waals surface area (Å²) >= 11 is 0. The predicted octanol–water partition coefficient (Wildman–Crippen LogP) is 8.20. The van der Waals surface area contributed by atoms with Gasteiger partial charge in [-0.2, -0.15) is 0 Å². The highest BCUT2D eigenvalue weighted by Crippen LogP contribution is 2.44. The summed E-state index contributed by atoms with van der Waals surface area (Å²) in [4.78, 5) is 1.86. The number of anilines is 1. The molecule has 0 aromatic heterocycles. The van der Waals surface area contributed by atoms with Crippen molar-refractivity contribution in [3.05, 3.63) is 144 Å². The quantitative estimate of drug-likeness (QED) is 0.146. The Kier molecular flexibility index (Phi) is 9.03. The maximum Gasteiger partial charge on any atom is 0.178 e. The Hall–Kier alpha value is -4.88. The maximum atomic E-state index is 16.2. The second kappa shape index (κ2) is 13.6. The smallest absolute Gasteiger partial charge is 0.178 e. The lowest BCUT2D eigenvalue weighted by Gasteiger charge is -2.41. The van der Waals surface area contributed by atoms with Gasteiger partial charge in [-0.05, 0) is 28.8 Å². The molecule has 0 N–H and O–H groups in total. The molecule has 0 unspecified atom stereocenters. The Labute approximate surface area is 256 Å². The summed E-state index contributed by atoms with van der Waals surface area (Å²) in [7, 11) is 1.39. The zero-order valence-electron chi connectivity index (χ0n) is 24.4. The van der Waals surface area contributed by atoms with Gasteiger partial charge in [0.15, 0.2) is 11.6 Å². The lowest BCUT2D eigenvalue weighted by Crippen LogP contribution is -2.52. The first-order valence-electron chi connectivity index (χ1n) is 14.5. The lowest BCUT2D eigenvalue weighted by molar-refractivity contribution is 0.0222. The molecule has 0 aliphatic carbocycles. The Morgan fingerprint density at radius 2 is 1.25 bits per heavy atom. The Morgan fingerprint density at radius 1 is 0.682 bits per heavy atom. The number of benzene rings is 5. The third-order valence-electron chi connectivity index (χ3n) is 7.58. The summed E-state index contributed by atoms with van der Waals surface area (Å²) in [5, 5.41) is 0. The third-order valence-corrected chi connectivity index (χ3v) is 7.58. The van der Waals surface area contributed by atoms with Crippen LogP contribution in [0.4, 0.5) is 14.5 Å². The number of hydrogen-bond donors (Lipinski definition) is 0. The zero-order chi connectivity index (χ0) is 30.3. The lowest BCUT2D eigenvalue weighted by atomic mass is 10.00. The fraction of sp³-hybridized carbons (Fsp3) is 0.189. The Bertz CT molecular complexity index is 1680. The molecule has 5 aromatic rings. The summed E-state index contributed by atoms with van der Waals surface area (Å²) < 4.78 is 55.7. The van der Waals surface area contributed by atoms with Gasteiger partial charge in [-0.3, -0.25) is 0 Å². The molecule has 5 nitrogen and oxygen atoms in total. The molecule has 0 spiro atoms. The van der Waals surface area contributed by atoms with Crippen LogP contribution in [0.3, 0.4) is 0 Å². The minimum atomic E-state index is -0.793. The van der Waals surface area contributed by atoms with E-state index in [2.05, 4.69) is 0 Å². The van der Waals surface area contributed by atoms with Crippen LogP contribution in [0.5, 0.6) is 17.2 Å². The van der Waals surface area contributed by atoms with Crippen LogP contribution < -0.4 is 19.1 Å². The fourth-order valence-electron chi connectivity index (χ4n) is 5.19. The van der Waals surface area contributed by atoms with Crippen molar-refractivity contribution in [3.63, 3.8) is 0 Å². The highest BCUT2D eigenvalue weighted by atomic mass is 19.1. The van der Waals surface area contributed by atoms with Crippen molar-refractivity contribution < 1.29 is 27.7 Å². The highest BCUT2D eigenvalue weighted by Gasteiger charge is 2.33. The fourth-order valence-corrected chi connectivity index (χ4v) is 5.19. The number of ether oxygens (including phenoxy) is 4. The second-order valence-electron chi connectivity index (χ2n) is 10.6. The SMILES string of the molecule is COc1c(N2CC(OCc3ccccc3)C2)cc(F)c(-c2ccc(OCc3ccccc3)cc2OCc2ccccc2)c1F. The molecular formula is C37H33F2NO4. The van der Waals surface area contributed by atoms with Gasteiger partial charge in [-0.15, -0.1) is 0 Å². The molecule has 0 radical (unpaired) electrons. The molecule has 0 bridgehead atoms. The van der Waals surface area contributed by atoms with Gasteiger partial charge in [0.25, 0.3) is 0 Å². The molecule has 44 heavy (non-hydrogen) atoms. The topological polar surface area (TPSA) is 40.2 Å². The largest absolute Gasteiger partial charge is 0.492 e. The Balaban J connectivity index is 1.25. The van der Waals surface area contributed by atoms with E-state index in [1.807, 2.05) is 95.9 Å². The van der Waals surface area contributed by atoms with E-state index in [1.165, 1.54) is 13.2 Å². The molecule has 1 aliphatic heterocycles. The first kappa shape index (κ1) is 29.2. The van der Waals surface area contributed by atoms with E-state index in [4.69, 9.17) is 18.9 Å². The van der Waals surface area contributed by atoms with Crippen LogP contribution >= 0.6 is 0 Å². The standard InChI is InChI=1S/C37H33F2NO4/c1-41-37-33(40-21-30(22-40)43-24-27-13-7-3-8-14-27)20-32(38)35(36(37)39)31-18-17-29(42-23-26-11-5-2-6-12-26)19-34(31)44-25-28-15-9-4-10-16-28/h2-20,30H,21-25H2,1H3. The first-order chi connectivity index (χ1) is 21.6. The molecule has 5 aromatic carbocycles. The molecule has 7 heteroatoms. The molecule has 0 amide bonds. The average Bonchev–Trinajstić information content (AvgIpc) is 3.04. The molecule has 1 saturated heterocycles. The molecule has 0 atom stereocenters. The van der Waals surface area contributed by atoms with Crippen molar-refractivity contribution in [2.45, 2.75) is 25.9 Å². The number of nitrogens with zero attached hydrogens (tertiary/aromatic N) is 1. The van der Waals surface area contributed by atoms with Gasteiger partial charge >= 0.3 is 0 Å². The maximum absolute atomic E-state index is 16.2. The summed E-state index contributed by atoms with van der Waals surface area (Å²) in [6, 6.07) is 35.6. The van der Waals surface area contributed by atoms with E-state index in [0.29, 0.717) is 43.5 Å².